The summed E-state index contributed by atoms with van der Waals surface area (Å²) < 4.78 is 0. The molecule has 0 radical (unpaired) electrons. The lowest BCUT2D eigenvalue weighted by molar-refractivity contribution is -0.384. The van der Waals surface area contributed by atoms with E-state index in [2.05, 4.69) is 10.2 Å². The third-order valence-corrected chi connectivity index (χ3v) is 4.76. The van der Waals surface area contributed by atoms with Crippen LogP contribution in [0.1, 0.15) is 28.8 Å². The van der Waals surface area contributed by atoms with Crippen molar-refractivity contribution in [2.24, 2.45) is 0 Å². The van der Waals surface area contributed by atoms with Gasteiger partial charge in [0.05, 0.1) is 16.2 Å². The summed E-state index contributed by atoms with van der Waals surface area (Å²) in [5.74, 6) is -0.296. The highest BCUT2D eigenvalue weighted by atomic mass is 16.6. The van der Waals surface area contributed by atoms with Gasteiger partial charge >= 0.3 is 0 Å². The van der Waals surface area contributed by atoms with E-state index in [1.165, 1.54) is 12.1 Å². The van der Waals surface area contributed by atoms with Crippen molar-refractivity contribution < 1.29 is 9.72 Å². The van der Waals surface area contributed by atoms with Gasteiger partial charge in [0, 0.05) is 51.5 Å². The molecule has 0 bridgehead atoms. The van der Waals surface area contributed by atoms with Crippen LogP contribution in [0.5, 0.6) is 0 Å². The van der Waals surface area contributed by atoms with Gasteiger partial charge in [0.15, 0.2) is 0 Å². The smallest absolute Gasteiger partial charge is 0.270 e. The Morgan fingerprint density at radius 1 is 1.19 bits per heavy atom. The number of nitro groups is 1. The van der Waals surface area contributed by atoms with Crippen molar-refractivity contribution in [2.45, 2.75) is 19.4 Å². The molecular formula is C20H24N4O3. The molecule has 142 valence electrons. The van der Waals surface area contributed by atoms with E-state index >= 15 is 0 Å². The number of nitro benzene ring substituents is 1. The van der Waals surface area contributed by atoms with E-state index in [4.69, 9.17) is 0 Å². The van der Waals surface area contributed by atoms with E-state index in [9.17, 15) is 14.9 Å². The minimum Gasteiger partial charge on any atom is -0.378 e. The lowest BCUT2D eigenvalue weighted by Crippen LogP contribution is -2.27. The van der Waals surface area contributed by atoms with Gasteiger partial charge in [-0.1, -0.05) is 12.1 Å². The Kier molecular flexibility index (Phi) is 5.59. The average Bonchev–Trinajstić information content (AvgIpc) is 3.20. The molecule has 1 amide bonds. The van der Waals surface area contributed by atoms with Crippen LogP contribution in [-0.2, 0) is 6.54 Å². The number of nitrogens with one attached hydrogen (secondary N) is 1. The Balaban J connectivity index is 1.81. The number of nitrogens with zero attached hydrogens (tertiary/aromatic N) is 3. The zero-order valence-electron chi connectivity index (χ0n) is 15.6. The number of rotatable bonds is 6. The van der Waals surface area contributed by atoms with E-state index in [-0.39, 0.29) is 11.6 Å². The number of carbonyl (C=O) groups excluding carboxylic acids is 1. The van der Waals surface area contributed by atoms with Gasteiger partial charge in [-0.25, -0.2) is 0 Å². The first-order valence-corrected chi connectivity index (χ1v) is 9.03. The first-order chi connectivity index (χ1) is 13.0. The van der Waals surface area contributed by atoms with Gasteiger partial charge in [0.25, 0.3) is 11.6 Å². The molecule has 7 nitrogen and oxygen atoms in total. The van der Waals surface area contributed by atoms with Crippen molar-refractivity contribution in [3.63, 3.8) is 0 Å². The normalized spacial score (nSPS) is 13.5. The number of anilines is 2. The Morgan fingerprint density at radius 3 is 2.59 bits per heavy atom. The molecule has 1 saturated heterocycles. The molecule has 27 heavy (non-hydrogen) atoms. The highest BCUT2D eigenvalue weighted by Gasteiger charge is 2.22. The average molecular weight is 368 g/mol. The third kappa shape index (κ3) is 4.36. The molecule has 0 spiro atoms. The lowest BCUT2D eigenvalue weighted by atomic mass is 10.1. The summed E-state index contributed by atoms with van der Waals surface area (Å²) in [6.07, 6.45) is 2.13. The zero-order valence-corrected chi connectivity index (χ0v) is 15.6. The van der Waals surface area contributed by atoms with Crippen molar-refractivity contribution in [3.05, 3.63) is 63.7 Å². The molecule has 1 heterocycles. The number of hydrogen-bond acceptors (Lipinski definition) is 5. The predicted molar refractivity (Wildman–Crippen MR) is 106 cm³/mol. The standard InChI is InChI=1S/C20H24N4O3/c1-22(2)16-7-5-6-15(12-16)14-21-20(25)18-13-17(24(26)27)8-9-19(18)23-10-3-4-11-23/h5-9,12-13H,3-4,10-11,14H2,1-2H3,(H,21,25). The van der Waals surface area contributed by atoms with Crippen molar-refractivity contribution >= 4 is 23.0 Å². The SMILES string of the molecule is CN(C)c1cccc(CNC(=O)c2cc([N+](=O)[O-])ccc2N2CCCC2)c1. The van der Waals surface area contributed by atoms with Crippen LogP contribution in [0.2, 0.25) is 0 Å². The fourth-order valence-electron chi connectivity index (χ4n) is 3.28. The highest BCUT2D eigenvalue weighted by Crippen LogP contribution is 2.28. The Labute approximate surface area is 158 Å². The van der Waals surface area contributed by atoms with Gasteiger partial charge in [-0.3, -0.25) is 14.9 Å². The first-order valence-electron chi connectivity index (χ1n) is 9.03. The van der Waals surface area contributed by atoms with Crippen LogP contribution < -0.4 is 15.1 Å². The summed E-state index contributed by atoms with van der Waals surface area (Å²) in [6.45, 7) is 2.09. The maximum Gasteiger partial charge on any atom is 0.270 e. The summed E-state index contributed by atoms with van der Waals surface area (Å²) in [5.41, 5.74) is 3.07. The maximum absolute atomic E-state index is 12.8. The highest BCUT2D eigenvalue weighted by molar-refractivity contribution is 6.00. The second-order valence-electron chi connectivity index (χ2n) is 6.90. The molecule has 0 unspecified atom stereocenters. The first kappa shape index (κ1) is 18.7. The molecule has 1 aliphatic rings. The van der Waals surface area contributed by atoms with Gasteiger partial charge in [-0.2, -0.15) is 0 Å². The van der Waals surface area contributed by atoms with E-state index in [1.807, 2.05) is 43.3 Å². The molecule has 0 atom stereocenters. The molecule has 0 saturated carbocycles. The fourth-order valence-corrected chi connectivity index (χ4v) is 3.28. The summed E-state index contributed by atoms with van der Waals surface area (Å²) in [4.78, 5) is 27.6. The fraction of sp³-hybridized carbons (Fsp3) is 0.350. The van der Waals surface area contributed by atoms with Crippen LogP contribution >= 0.6 is 0 Å². The van der Waals surface area contributed by atoms with Gasteiger partial charge in [-0.15, -0.1) is 0 Å². The van der Waals surface area contributed by atoms with Crippen LogP contribution in [0, 0.1) is 10.1 Å². The van der Waals surface area contributed by atoms with E-state index in [0.717, 1.165) is 42.9 Å². The van der Waals surface area contributed by atoms with Crippen LogP contribution in [0.4, 0.5) is 17.1 Å². The molecule has 2 aromatic rings. The largest absolute Gasteiger partial charge is 0.378 e. The van der Waals surface area contributed by atoms with Crippen molar-refractivity contribution in [1.82, 2.24) is 5.32 Å². The Morgan fingerprint density at radius 2 is 1.93 bits per heavy atom. The molecule has 7 heteroatoms. The van der Waals surface area contributed by atoms with Gasteiger partial charge in [0.2, 0.25) is 0 Å². The summed E-state index contributed by atoms with van der Waals surface area (Å²) in [5, 5.41) is 14.0. The number of amides is 1. The molecule has 1 N–H and O–H groups in total. The van der Waals surface area contributed by atoms with Crippen LogP contribution in [0.25, 0.3) is 0 Å². The summed E-state index contributed by atoms with van der Waals surface area (Å²) >= 11 is 0. The third-order valence-electron chi connectivity index (χ3n) is 4.76. The lowest BCUT2D eigenvalue weighted by Gasteiger charge is -2.21. The number of non-ortho nitro benzene ring substituents is 1. The number of hydrogen-bond donors (Lipinski definition) is 1. The minimum atomic E-state index is -0.467. The predicted octanol–water partition coefficient (Wildman–Crippen LogP) is 3.19. The van der Waals surface area contributed by atoms with E-state index < -0.39 is 4.92 Å². The monoisotopic (exact) mass is 368 g/mol. The van der Waals surface area contributed by atoms with Crippen molar-refractivity contribution in [3.8, 4) is 0 Å². The summed E-state index contributed by atoms with van der Waals surface area (Å²) in [7, 11) is 3.92. The summed E-state index contributed by atoms with van der Waals surface area (Å²) in [6, 6.07) is 12.4. The minimum absolute atomic E-state index is 0.0716. The van der Waals surface area contributed by atoms with Gasteiger partial charge < -0.3 is 15.1 Å². The molecule has 0 aromatic heterocycles. The van der Waals surface area contributed by atoms with Crippen molar-refractivity contribution in [2.75, 3.05) is 37.0 Å². The second-order valence-corrected chi connectivity index (χ2v) is 6.90. The molecule has 3 rings (SSSR count). The number of carbonyl (C=O) groups is 1. The topological polar surface area (TPSA) is 78.7 Å². The Bertz CT molecular complexity index is 845. The van der Waals surface area contributed by atoms with Crippen LogP contribution in [0.3, 0.4) is 0 Å². The molecular weight excluding hydrogens is 344 g/mol. The zero-order chi connectivity index (χ0) is 19.4. The van der Waals surface area contributed by atoms with Crippen LogP contribution in [0.15, 0.2) is 42.5 Å². The van der Waals surface area contributed by atoms with Crippen molar-refractivity contribution in [1.29, 1.82) is 0 Å². The van der Waals surface area contributed by atoms with Gasteiger partial charge in [0.1, 0.15) is 0 Å². The molecule has 0 aliphatic carbocycles. The van der Waals surface area contributed by atoms with E-state index in [0.29, 0.717) is 12.1 Å². The molecule has 2 aromatic carbocycles. The van der Waals surface area contributed by atoms with E-state index in [1.54, 1.807) is 6.07 Å². The second kappa shape index (κ2) is 8.07. The van der Waals surface area contributed by atoms with Crippen LogP contribution in [-0.4, -0.2) is 38.0 Å². The Hall–Kier alpha value is -3.09. The van der Waals surface area contributed by atoms with Gasteiger partial charge in [-0.05, 0) is 36.6 Å². The molecule has 1 aliphatic heterocycles. The molecule has 1 fully saturated rings. The quantitative estimate of drug-likeness (QED) is 0.626. The maximum atomic E-state index is 12.8. The number of benzene rings is 2.